The molecule has 0 bridgehead atoms. The second kappa shape index (κ2) is 8.27. The Morgan fingerprint density at radius 1 is 1.31 bits per heavy atom. The molecule has 0 aliphatic carbocycles. The summed E-state index contributed by atoms with van der Waals surface area (Å²) < 4.78 is 5.26. The molecular weight excluding hydrogens is 340 g/mol. The predicted molar refractivity (Wildman–Crippen MR) is 94.3 cm³/mol. The van der Waals surface area contributed by atoms with Crippen LogP contribution in [0, 0.1) is 42.7 Å². The van der Waals surface area contributed by atoms with Crippen LogP contribution in [0.25, 0.3) is 0 Å². The lowest BCUT2D eigenvalue weighted by molar-refractivity contribution is -0.386. The number of nitro benzene ring substituents is 1. The molecule has 0 radical (unpaired) electrons. The van der Waals surface area contributed by atoms with Gasteiger partial charge in [0.05, 0.1) is 16.4 Å². The summed E-state index contributed by atoms with van der Waals surface area (Å²) in [5.41, 5.74) is 1.56. The minimum absolute atomic E-state index is 0.0145. The van der Waals surface area contributed by atoms with Crippen molar-refractivity contribution in [3.05, 3.63) is 38.4 Å². The van der Waals surface area contributed by atoms with Gasteiger partial charge in [-0.1, -0.05) is 0 Å². The van der Waals surface area contributed by atoms with Crippen molar-refractivity contribution in [2.45, 2.75) is 33.6 Å². The third-order valence-electron chi connectivity index (χ3n) is 4.98. The molecule has 8 nitrogen and oxygen atoms in total. The molecule has 0 aromatic heterocycles. The van der Waals surface area contributed by atoms with Crippen molar-refractivity contribution in [1.29, 1.82) is 0 Å². The Hall–Kier alpha value is -2.48. The number of carbonyl (C=O) groups excluding carboxylic acids is 1. The molecule has 8 heteroatoms. The van der Waals surface area contributed by atoms with Crippen LogP contribution in [0.1, 0.15) is 39.9 Å². The van der Waals surface area contributed by atoms with Gasteiger partial charge in [-0.15, -0.1) is 0 Å². The van der Waals surface area contributed by atoms with Gasteiger partial charge >= 0.3 is 5.97 Å². The Labute approximate surface area is 151 Å². The van der Waals surface area contributed by atoms with Gasteiger partial charge in [0.15, 0.2) is 0 Å². The number of nitrogens with one attached hydrogen (secondary N) is 1. The van der Waals surface area contributed by atoms with Gasteiger partial charge in [0.25, 0.3) is 11.6 Å². The highest BCUT2D eigenvalue weighted by molar-refractivity contribution is 5.98. The molecule has 1 aromatic carbocycles. The van der Waals surface area contributed by atoms with Gasteiger partial charge in [-0.25, -0.2) is 0 Å². The quantitative estimate of drug-likeness (QED) is 0.591. The molecule has 1 fully saturated rings. The van der Waals surface area contributed by atoms with Crippen LogP contribution in [0.3, 0.4) is 0 Å². The van der Waals surface area contributed by atoms with E-state index in [-0.39, 0.29) is 23.7 Å². The fraction of sp³-hybridized carbons (Fsp3) is 0.556. The smallest absolute Gasteiger partial charge is 0.308 e. The van der Waals surface area contributed by atoms with E-state index in [2.05, 4.69) is 5.32 Å². The van der Waals surface area contributed by atoms with Crippen molar-refractivity contribution in [2.75, 3.05) is 19.8 Å². The van der Waals surface area contributed by atoms with E-state index in [1.807, 2.05) is 0 Å². The topological polar surface area (TPSA) is 119 Å². The summed E-state index contributed by atoms with van der Waals surface area (Å²) in [4.78, 5) is 35.0. The largest absolute Gasteiger partial charge is 0.481 e. The number of aliphatic carboxylic acids is 1. The van der Waals surface area contributed by atoms with Gasteiger partial charge in [-0.2, -0.15) is 0 Å². The molecule has 0 spiro atoms. The molecule has 1 aromatic rings. The first-order chi connectivity index (χ1) is 12.2. The lowest BCUT2D eigenvalue weighted by atomic mass is 9.86. The second-order valence-corrected chi connectivity index (χ2v) is 6.72. The molecule has 1 unspecified atom stereocenters. The van der Waals surface area contributed by atoms with Crippen molar-refractivity contribution < 1.29 is 24.4 Å². The number of hydrogen-bond acceptors (Lipinski definition) is 5. The van der Waals surface area contributed by atoms with Gasteiger partial charge in [-0.05, 0) is 51.2 Å². The SMILES string of the molecule is Cc1cc(C)c([N+](=O)[O-])c(C)c1C(=O)NCC(C(=O)O)C1CCOCC1. The molecule has 2 N–H and O–H groups in total. The molecule has 2 rings (SSSR count). The maximum Gasteiger partial charge on any atom is 0.308 e. The third kappa shape index (κ3) is 4.19. The van der Waals surface area contributed by atoms with Crippen molar-refractivity contribution in [3.8, 4) is 0 Å². The van der Waals surface area contributed by atoms with E-state index in [1.54, 1.807) is 26.8 Å². The van der Waals surface area contributed by atoms with Crippen LogP contribution in [-0.4, -0.2) is 41.7 Å². The fourth-order valence-corrected chi connectivity index (χ4v) is 3.67. The van der Waals surface area contributed by atoms with Gasteiger partial charge in [0.2, 0.25) is 0 Å². The highest BCUT2D eigenvalue weighted by Gasteiger charge is 2.31. The first kappa shape index (κ1) is 19.8. The summed E-state index contributed by atoms with van der Waals surface area (Å²) in [6.07, 6.45) is 1.28. The van der Waals surface area contributed by atoms with Crippen LogP contribution in [0.4, 0.5) is 5.69 Å². The highest BCUT2D eigenvalue weighted by Crippen LogP contribution is 2.29. The molecule has 1 amide bonds. The van der Waals surface area contributed by atoms with Crippen LogP contribution in [0.5, 0.6) is 0 Å². The zero-order valence-corrected chi connectivity index (χ0v) is 15.2. The van der Waals surface area contributed by atoms with E-state index in [0.717, 1.165) is 0 Å². The number of hydrogen-bond donors (Lipinski definition) is 2. The van der Waals surface area contributed by atoms with Crippen molar-refractivity contribution >= 4 is 17.6 Å². The first-order valence-corrected chi connectivity index (χ1v) is 8.58. The zero-order valence-electron chi connectivity index (χ0n) is 15.2. The highest BCUT2D eigenvalue weighted by atomic mass is 16.6. The maximum atomic E-state index is 12.6. The van der Waals surface area contributed by atoms with Crippen LogP contribution in [0.2, 0.25) is 0 Å². The first-order valence-electron chi connectivity index (χ1n) is 8.58. The number of carboxylic acids is 1. The van der Waals surface area contributed by atoms with E-state index >= 15 is 0 Å². The average molecular weight is 364 g/mol. The Balaban J connectivity index is 2.20. The monoisotopic (exact) mass is 364 g/mol. The summed E-state index contributed by atoms with van der Waals surface area (Å²) in [6.45, 7) is 5.91. The van der Waals surface area contributed by atoms with Crippen LogP contribution in [0.15, 0.2) is 6.07 Å². The number of benzene rings is 1. The lowest BCUT2D eigenvalue weighted by Gasteiger charge is -2.27. The molecule has 1 aliphatic heterocycles. The Kier molecular flexibility index (Phi) is 6.31. The molecule has 142 valence electrons. The number of amides is 1. The number of rotatable bonds is 6. The second-order valence-electron chi connectivity index (χ2n) is 6.72. The molecule has 1 atom stereocenters. The summed E-state index contributed by atoms with van der Waals surface area (Å²) in [5.74, 6) is -2.21. The van der Waals surface area contributed by atoms with Gasteiger partial charge < -0.3 is 15.2 Å². The average Bonchev–Trinajstić information content (AvgIpc) is 2.54. The Bertz CT molecular complexity index is 725. The molecule has 1 saturated heterocycles. The number of nitrogens with zero attached hydrogens (tertiary/aromatic N) is 1. The van der Waals surface area contributed by atoms with Crippen molar-refractivity contribution in [2.24, 2.45) is 11.8 Å². The number of nitro groups is 1. The Morgan fingerprint density at radius 3 is 2.46 bits per heavy atom. The van der Waals surface area contributed by atoms with Crippen LogP contribution >= 0.6 is 0 Å². The number of aryl methyl sites for hydroxylation is 2. The van der Waals surface area contributed by atoms with Gasteiger partial charge in [0.1, 0.15) is 0 Å². The number of ether oxygens (including phenoxy) is 1. The van der Waals surface area contributed by atoms with Crippen molar-refractivity contribution in [1.82, 2.24) is 5.32 Å². The molecule has 26 heavy (non-hydrogen) atoms. The number of carboxylic acid groups (broad SMARTS) is 1. The van der Waals surface area contributed by atoms with Crippen molar-refractivity contribution in [3.63, 3.8) is 0 Å². The van der Waals surface area contributed by atoms with E-state index in [1.165, 1.54) is 0 Å². The molecule has 1 heterocycles. The Morgan fingerprint density at radius 2 is 1.92 bits per heavy atom. The van der Waals surface area contributed by atoms with E-state index < -0.39 is 22.7 Å². The minimum atomic E-state index is -0.958. The minimum Gasteiger partial charge on any atom is -0.481 e. The van der Waals surface area contributed by atoms with E-state index in [9.17, 15) is 24.8 Å². The van der Waals surface area contributed by atoms with Gasteiger partial charge in [0, 0.05) is 30.9 Å². The fourth-order valence-electron chi connectivity index (χ4n) is 3.67. The summed E-state index contributed by atoms with van der Waals surface area (Å²) in [7, 11) is 0. The lowest BCUT2D eigenvalue weighted by Crippen LogP contribution is -2.39. The standard InChI is InChI=1S/C18H24N2O6/c1-10-8-11(2)16(20(24)25)12(3)15(10)17(21)19-9-14(18(22)23)13-4-6-26-7-5-13/h8,13-14H,4-7,9H2,1-3H3,(H,19,21)(H,22,23). The zero-order chi connectivity index (χ0) is 19.4. The van der Waals surface area contributed by atoms with Gasteiger partial charge in [-0.3, -0.25) is 19.7 Å². The van der Waals surface area contributed by atoms with Crippen LogP contribution in [-0.2, 0) is 9.53 Å². The van der Waals surface area contributed by atoms with Crippen LogP contribution < -0.4 is 5.32 Å². The van der Waals surface area contributed by atoms with E-state index in [4.69, 9.17) is 4.74 Å². The summed E-state index contributed by atoms with van der Waals surface area (Å²) in [6, 6.07) is 1.60. The normalized spacial score (nSPS) is 16.1. The molecule has 1 aliphatic rings. The summed E-state index contributed by atoms with van der Waals surface area (Å²) in [5, 5.41) is 23.4. The number of carbonyl (C=O) groups is 2. The van der Waals surface area contributed by atoms with E-state index in [0.29, 0.717) is 42.7 Å². The maximum absolute atomic E-state index is 12.6. The summed E-state index contributed by atoms with van der Waals surface area (Å²) >= 11 is 0. The predicted octanol–water partition coefficient (Wildman–Crippen LogP) is 2.38. The molecule has 0 saturated carbocycles. The molecular formula is C18H24N2O6. The third-order valence-corrected chi connectivity index (χ3v) is 4.98.